The Bertz CT molecular complexity index is 289. The lowest BCUT2D eigenvalue weighted by Crippen LogP contribution is -2.33. The Morgan fingerprint density at radius 1 is 1.47 bits per heavy atom. The highest BCUT2D eigenvalue weighted by Crippen LogP contribution is 2.12. The SMILES string of the molecule is CCCNC(=O)COC(=O)C(C)OCC1CCCO1. The maximum Gasteiger partial charge on any atom is 0.335 e. The summed E-state index contributed by atoms with van der Waals surface area (Å²) in [4.78, 5) is 22.8. The van der Waals surface area contributed by atoms with Crippen LogP contribution in [0.5, 0.6) is 0 Å². The van der Waals surface area contributed by atoms with E-state index in [1.54, 1.807) is 6.92 Å². The first kappa shape index (κ1) is 15.9. The lowest BCUT2D eigenvalue weighted by atomic mass is 10.2. The van der Waals surface area contributed by atoms with Gasteiger partial charge in [-0.15, -0.1) is 0 Å². The van der Waals surface area contributed by atoms with Crippen LogP contribution in [0.25, 0.3) is 0 Å². The van der Waals surface area contributed by atoms with E-state index < -0.39 is 12.1 Å². The van der Waals surface area contributed by atoms with Crippen LogP contribution in [0.2, 0.25) is 0 Å². The van der Waals surface area contributed by atoms with Gasteiger partial charge in [-0.25, -0.2) is 4.79 Å². The highest BCUT2D eigenvalue weighted by molar-refractivity contribution is 5.81. The third-order valence-electron chi connectivity index (χ3n) is 2.81. The minimum Gasteiger partial charge on any atom is -0.454 e. The van der Waals surface area contributed by atoms with Gasteiger partial charge in [-0.3, -0.25) is 4.79 Å². The Kier molecular flexibility index (Phi) is 7.43. The summed E-state index contributed by atoms with van der Waals surface area (Å²) >= 11 is 0. The first-order valence-electron chi connectivity index (χ1n) is 6.80. The lowest BCUT2D eigenvalue weighted by molar-refractivity contribution is -0.160. The second-order valence-electron chi connectivity index (χ2n) is 4.57. The molecule has 6 nitrogen and oxygen atoms in total. The number of carbonyl (C=O) groups excluding carboxylic acids is 2. The molecule has 0 bridgehead atoms. The van der Waals surface area contributed by atoms with Gasteiger partial charge >= 0.3 is 5.97 Å². The van der Waals surface area contributed by atoms with E-state index in [2.05, 4.69) is 5.32 Å². The van der Waals surface area contributed by atoms with E-state index >= 15 is 0 Å². The third-order valence-corrected chi connectivity index (χ3v) is 2.81. The van der Waals surface area contributed by atoms with E-state index in [1.807, 2.05) is 6.92 Å². The molecule has 110 valence electrons. The van der Waals surface area contributed by atoms with Crippen molar-refractivity contribution in [2.75, 3.05) is 26.4 Å². The number of rotatable bonds is 8. The smallest absolute Gasteiger partial charge is 0.335 e. The van der Waals surface area contributed by atoms with Crippen molar-refractivity contribution >= 4 is 11.9 Å². The third kappa shape index (κ3) is 6.54. The number of hydrogen-bond acceptors (Lipinski definition) is 5. The molecule has 1 heterocycles. The molecule has 0 aliphatic carbocycles. The Morgan fingerprint density at radius 3 is 2.89 bits per heavy atom. The van der Waals surface area contributed by atoms with Crippen molar-refractivity contribution in [3.8, 4) is 0 Å². The average molecular weight is 273 g/mol. The van der Waals surface area contributed by atoms with Gasteiger partial charge in [0, 0.05) is 13.2 Å². The minimum atomic E-state index is -0.678. The van der Waals surface area contributed by atoms with Gasteiger partial charge in [0.1, 0.15) is 0 Å². The Labute approximate surface area is 113 Å². The van der Waals surface area contributed by atoms with Crippen molar-refractivity contribution in [2.45, 2.75) is 45.3 Å². The molecule has 19 heavy (non-hydrogen) atoms. The molecule has 0 saturated carbocycles. The number of esters is 1. The maximum atomic E-state index is 11.6. The van der Waals surface area contributed by atoms with Gasteiger partial charge in [-0.05, 0) is 26.2 Å². The van der Waals surface area contributed by atoms with E-state index in [0.717, 1.165) is 25.9 Å². The molecule has 2 unspecified atom stereocenters. The zero-order valence-corrected chi connectivity index (χ0v) is 11.6. The van der Waals surface area contributed by atoms with Crippen LogP contribution in [-0.4, -0.2) is 50.4 Å². The normalized spacial score (nSPS) is 20.0. The first-order chi connectivity index (χ1) is 9.13. The highest BCUT2D eigenvalue weighted by Gasteiger charge is 2.21. The van der Waals surface area contributed by atoms with Gasteiger partial charge in [0.05, 0.1) is 12.7 Å². The predicted molar refractivity (Wildman–Crippen MR) is 68.6 cm³/mol. The summed E-state index contributed by atoms with van der Waals surface area (Å²) in [6.45, 7) is 5.03. The van der Waals surface area contributed by atoms with Crippen molar-refractivity contribution < 1.29 is 23.8 Å². The van der Waals surface area contributed by atoms with Crippen molar-refractivity contribution in [1.29, 1.82) is 0 Å². The van der Waals surface area contributed by atoms with Gasteiger partial charge in [-0.2, -0.15) is 0 Å². The number of carbonyl (C=O) groups is 2. The molecule has 2 atom stereocenters. The van der Waals surface area contributed by atoms with E-state index in [1.165, 1.54) is 0 Å². The molecule has 1 N–H and O–H groups in total. The second-order valence-corrected chi connectivity index (χ2v) is 4.57. The zero-order valence-electron chi connectivity index (χ0n) is 11.6. The number of amides is 1. The Morgan fingerprint density at radius 2 is 2.26 bits per heavy atom. The zero-order chi connectivity index (χ0) is 14.1. The molecule has 0 aromatic heterocycles. The highest BCUT2D eigenvalue weighted by atomic mass is 16.6. The molecule has 0 aromatic rings. The summed E-state index contributed by atoms with van der Waals surface area (Å²) in [7, 11) is 0. The van der Waals surface area contributed by atoms with Crippen LogP contribution in [0.1, 0.15) is 33.1 Å². The summed E-state index contributed by atoms with van der Waals surface area (Å²) in [5.74, 6) is -0.814. The fourth-order valence-corrected chi connectivity index (χ4v) is 1.66. The summed E-state index contributed by atoms with van der Waals surface area (Å²) in [6.07, 6.45) is 2.23. The predicted octanol–water partition coefficient (Wildman–Crippen LogP) is 0.640. The fraction of sp³-hybridized carbons (Fsp3) is 0.846. The largest absolute Gasteiger partial charge is 0.454 e. The van der Waals surface area contributed by atoms with Gasteiger partial charge in [0.15, 0.2) is 12.7 Å². The van der Waals surface area contributed by atoms with Gasteiger partial charge in [0.2, 0.25) is 0 Å². The van der Waals surface area contributed by atoms with Crippen LogP contribution in [0.3, 0.4) is 0 Å². The monoisotopic (exact) mass is 273 g/mol. The molecule has 0 aromatic carbocycles. The molecule has 0 spiro atoms. The molecule has 1 aliphatic heterocycles. The van der Waals surface area contributed by atoms with E-state index in [-0.39, 0.29) is 18.6 Å². The summed E-state index contributed by atoms with van der Waals surface area (Å²) in [5.41, 5.74) is 0. The molecular weight excluding hydrogens is 250 g/mol. The molecule has 1 aliphatic rings. The summed E-state index contributed by atoms with van der Waals surface area (Å²) in [5, 5.41) is 2.63. The molecular formula is C13H23NO5. The van der Waals surface area contributed by atoms with Crippen LogP contribution < -0.4 is 5.32 Å². The molecule has 1 fully saturated rings. The number of nitrogens with one attached hydrogen (secondary N) is 1. The molecule has 0 radical (unpaired) electrons. The summed E-state index contributed by atoms with van der Waals surface area (Å²) < 4.78 is 15.6. The number of ether oxygens (including phenoxy) is 3. The van der Waals surface area contributed by atoms with Crippen molar-refractivity contribution in [2.24, 2.45) is 0 Å². The van der Waals surface area contributed by atoms with Gasteiger partial charge < -0.3 is 19.5 Å². The van der Waals surface area contributed by atoms with Crippen LogP contribution in [0.4, 0.5) is 0 Å². The van der Waals surface area contributed by atoms with Crippen LogP contribution in [0, 0.1) is 0 Å². The van der Waals surface area contributed by atoms with E-state index in [4.69, 9.17) is 14.2 Å². The first-order valence-corrected chi connectivity index (χ1v) is 6.80. The molecule has 1 rings (SSSR count). The van der Waals surface area contributed by atoms with Crippen molar-refractivity contribution in [3.63, 3.8) is 0 Å². The van der Waals surface area contributed by atoms with Crippen LogP contribution >= 0.6 is 0 Å². The van der Waals surface area contributed by atoms with Crippen molar-refractivity contribution in [3.05, 3.63) is 0 Å². The second kappa shape index (κ2) is 8.87. The average Bonchev–Trinajstić information content (AvgIpc) is 2.92. The lowest BCUT2D eigenvalue weighted by Gasteiger charge is -2.15. The minimum absolute atomic E-state index is 0.0723. The van der Waals surface area contributed by atoms with Crippen molar-refractivity contribution in [1.82, 2.24) is 5.32 Å². The maximum absolute atomic E-state index is 11.6. The molecule has 1 amide bonds. The van der Waals surface area contributed by atoms with E-state index in [0.29, 0.717) is 13.2 Å². The van der Waals surface area contributed by atoms with Gasteiger partial charge in [-0.1, -0.05) is 6.92 Å². The van der Waals surface area contributed by atoms with E-state index in [9.17, 15) is 9.59 Å². The summed E-state index contributed by atoms with van der Waals surface area (Å²) in [6, 6.07) is 0. The Hall–Kier alpha value is -1.14. The quantitative estimate of drug-likeness (QED) is 0.657. The fourth-order valence-electron chi connectivity index (χ4n) is 1.66. The molecule has 1 saturated heterocycles. The molecule has 6 heteroatoms. The standard InChI is InChI=1S/C13H23NO5/c1-3-6-14-12(15)9-19-13(16)10(2)18-8-11-5-4-7-17-11/h10-11H,3-9H2,1-2H3,(H,14,15). The number of hydrogen-bond donors (Lipinski definition) is 1. The van der Waals surface area contributed by atoms with Crippen LogP contribution in [0.15, 0.2) is 0 Å². The topological polar surface area (TPSA) is 73.9 Å². The Balaban J connectivity index is 2.11. The van der Waals surface area contributed by atoms with Gasteiger partial charge in [0.25, 0.3) is 5.91 Å². The van der Waals surface area contributed by atoms with Crippen LogP contribution in [-0.2, 0) is 23.8 Å².